The number of nitrogens with zero attached hydrogens (tertiary/aromatic N) is 4. The second kappa shape index (κ2) is 7.57. The van der Waals surface area contributed by atoms with E-state index in [1.165, 1.54) is 22.1 Å². The van der Waals surface area contributed by atoms with Gasteiger partial charge in [0, 0.05) is 24.2 Å². The summed E-state index contributed by atoms with van der Waals surface area (Å²) in [6.07, 6.45) is 8.91. The van der Waals surface area contributed by atoms with Gasteiger partial charge in [0.2, 0.25) is 0 Å². The highest BCUT2D eigenvalue weighted by Crippen LogP contribution is 2.35. The second-order valence-electron chi connectivity index (χ2n) is 6.02. The fourth-order valence-corrected chi connectivity index (χ4v) is 3.83. The number of halogens is 1. The van der Waals surface area contributed by atoms with Crippen molar-refractivity contribution >= 4 is 34.0 Å². The van der Waals surface area contributed by atoms with Gasteiger partial charge < -0.3 is 9.84 Å². The van der Waals surface area contributed by atoms with Crippen LogP contribution in [0.1, 0.15) is 18.9 Å². The average molecular weight is 415 g/mol. The lowest BCUT2D eigenvalue weighted by Crippen LogP contribution is -2.22. The molecule has 7 nitrogen and oxygen atoms in total. The maximum Gasteiger partial charge on any atom is 0.274 e. The van der Waals surface area contributed by atoms with Gasteiger partial charge in [0.15, 0.2) is 16.5 Å². The number of hydrogen-bond donors (Lipinski definition) is 1. The molecule has 0 aliphatic heterocycles. The Morgan fingerprint density at radius 3 is 2.82 bits per heavy atom. The Bertz CT molecular complexity index is 1250. The van der Waals surface area contributed by atoms with E-state index >= 15 is 0 Å². The van der Waals surface area contributed by atoms with Crippen LogP contribution >= 0.6 is 22.9 Å². The standard InChI is InChI=1S/C19H15ClN4O3S/c1-2-3-27-15-5-11(4-13(20)17(15)25)6-16-18(26)24-9-14(23-19(24)28-16)12-7-21-10-22-8-12/h4-10,25H,2-3H2,1H3. The monoisotopic (exact) mass is 414 g/mol. The van der Waals surface area contributed by atoms with Gasteiger partial charge >= 0.3 is 0 Å². The predicted molar refractivity (Wildman–Crippen MR) is 108 cm³/mol. The molecule has 142 valence electrons. The molecule has 0 atom stereocenters. The van der Waals surface area contributed by atoms with E-state index in [2.05, 4.69) is 15.0 Å². The van der Waals surface area contributed by atoms with Crippen molar-refractivity contribution in [2.24, 2.45) is 0 Å². The molecule has 0 unspecified atom stereocenters. The fourth-order valence-electron chi connectivity index (χ4n) is 2.65. The van der Waals surface area contributed by atoms with Gasteiger partial charge in [-0.05, 0) is 30.2 Å². The van der Waals surface area contributed by atoms with Crippen LogP contribution in [0.25, 0.3) is 22.3 Å². The lowest BCUT2D eigenvalue weighted by Gasteiger charge is -2.09. The van der Waals surface area contributed by atoms with Crippen molar-refractivity contribution in [1.29, 1.82) is 0 Å². The van der Waals surface area contributed by atoms with Crippen molar-refractivity contribution in [3.05, 3.63) is 62.5 Å². The maximum atomic E-state index is 12.7. The lowest BCUT2D eigenvalue weighted by atomic mass is 10.2. The molecule has 1 N–H and O–H groups in total. The number of ether oxygens (including phenoxy) is 1. The number of hydrogen-bond acceptors (Lipinski definition) is 7. The summed E-state index contributed by atoms with van der Waals surface area (Å²) < 4.78 is 7.52. The first-order chi connectivity index (χ1) is 13.6. The molecular weight excluding hydrogens is 400 g/mol. The minimum atomic E-state index is -0.184. The first-order valence-electron chi connectivity index (χ1n) is 8.51. The van der Waals surface area contributed by atoms with Crippen LogP contribution in [-0.4, -0.2) is 31.1 Å². The number of benzene rings is 1. The number of imidazole rings is 1. The van der Waals surface area contributed by atoms with Crippen molar-refractivity contribution < 1.29 is 9.84 Å². The Hall–Kier alpha value is -2.97. The smallest absolute Gasteiger partial charge is 0.274 e. The van der Waals surface area contributed by atoms with Gasteiger partial charge in [-0.3, -0.25) is 9.20 Å². The van der Waals surface area contributed by atoms with Crippen molar-refractivity contribution in [2.45, 2.75) is 13.3 Å². The number of thiazole rings is 1. The van der Waals surface area contributed by atoms with Crippen LogP contribution in [-0.2, 0) is 0 Å². The summed E-state index contributed by atoms with van der Waals surface area (Å²) in [5.41, 5.74) is 1.85. The van der Waals surface area contributed by atoms with Gasteiger partial charge in [-0.2, -0.15) is 0 Å². The summed E-state index contributed by atoms with van der Waals surface area (Å²) >= 11 is 7.36. The SMILES string of the molecule is CCCOc1cc(C=c2sc3nc(-c4cncnc4)cn3c2=O)cc(Cl)c1O. The lowest BCUT2D eigenvalue weighted by molar-refractivity contribution is 0.299. The first-order valence-corrected chi connectivity index (χ1v) is 9.70. The first kappa shape index (κ1) is 18.4. The second-order valence-corrected chi connectivity index (χ2v) is 7.44. The molecule has 0 fully saturated rings. The molecule has 3 aromatic heterocycles. The third kappa shape index (κ3) is 3.44. The number of aromatic nitrogens is 4. The topological polar surface area (TPSA) is 89.6 Å². The fraction of sp³-hybridized carbons (Fsp3) is 0.158. The molecule has 0 saturated heterocycles. The van der Waals surface area contributed by atoms with Crippen LogP contribution in [0.3, 0.4) is 0 Å². The molecule has 28 heavy (non-hydrogen) atoms. The average Bonchev–Trinajstić information content (AvgIpc) is 3.24. The Morgan fingerprint density at radius 1 is 1.32 bits per heavy atom. The summed E-state index contributed by atoms with van der Waals surface area (Å²) in [5, 5.41) is 10.2. The van der Waals surface area contributed by atoms with Crippen LogP contribution in [0, 0.1) is 0 Å². The molecular formula is C19H15ClN4O3S. The van der Waals surface area contributed by atoms with Crippen molar-refractivity contribution in [3.8, 4) is 22.8 Å². The highest BCUT2D eigenvalue weighted by Gasteiger charge is 2.12. The van der Waals surface area contributed by atoms with Gasteiger partial charge in [0.05, 0.1) is 21.9 Å². The molecule has 0 bridgehead atoms. The van der Waals surface area contributed by atoms with Crippen molar-refractivity contribution in [2.75, 3.05) is 6.61 Å². The number of phenolic OH excluding ortho intramolecular Hbond substituents is 1. The van der Waals surface area contributed by atoms with E-state index in [0.29, 0.717) is 33.1 Å². The molecule has 0 spiro atoms. The minimum absolute atomic E-state index is 0.106. The van der Waals surface area contributed by atoms with E-state index in [9.17, 15) is 9.90 Å². The molecule has 9 heteroatoms. The van der Waals surface area contributed by atoms with Crippen LogP contribution in [0.2, 0.25) is 5.02 Å². The van der Waals surface area contributed by atoms with Crippen LogP contribution < -0.4 is 14.8 Å². The van der Waals surface area contributed by atoms with Gasteiger partial charge in [0.25, 0.3) is 5.56 Å². The molecule has 3 heterocycles. The molecule has 0 aliphatic carbocycles. The van der Waals surface area contributed by atoms with Gasteiger partial charge in [-0.25, -0.2) is 15.0 Å². The van der Waals surface area contributed by atoms with Crippen molar-refractivity contribution in [3.63, 3.8) is 0 Å². The summed E-state index contributed by atoms with van der Waals surface area (Å²) in [7, 11) is 0. The molecule has 1 aromatic carbocycles. The zero-order valence-electron chi connectivity index (χ0n) is 14.8. The number of rotatable bonds is 5. The Morgan fingerprint density at radius 2 is 2.11 bits per heavy atom. The highest BCUT2D eigenvalue weighted by molar-refractivity contribution is 7.15. The zero-order valence-corrected chi connectivity index (χ0v) is 16.4. The van der Waals surface area contributed by atoms with Gasteiger partial charge in [-0.1, -0.05) is 29.9 Å². The van der Waals surface area contributed by atoms with E-state index < -0.39 is 0 Å². The Balaban J connectivity index is 1.76. The van der Waals surface area contributed by atoms with E-state index in [0.717, 1.165) is 12.0 Å². The van der Waals surface area contributed by atoms with E-state index in [4.69, 9.17) is 16.3 Å². The molecule has 0 amide bonds. The molecule has 4 rings (SSSR count). The molecule has 0 radical (unpaired) electrons. The summed E-state index contributed by atoms with van der Waals surface area (Å²) in [4.78, 5) is 25.7. The molecule has 0 saturated carbocycles. The van der Waals surface area contributed by atoms with E-state index in [1.54, 1.807) is 36.8 Å². The quantitative estimate of drug-likeness (QED) is 0.540. The van der Waals surface area contributed by atoms with Crippen molar-refractivity contribution in [1.82, 2.24) is 19.4 Å². The third-order valence-electron chi connectivity index (χ3n) is 3.97. The van der Waals surface area contributed by atoms with E-state index in [1.807, 2.05) is 6.92 Å². The minimum Gasteiger partial charge on any atom is -0.503 e. The zero-order chi connectivity index (χ0) is 19.7. The van der Waals surface area contributed by atoms with Gasteiger partial charge in [0.1, 0.15) is 6.33 Å². The summed E-state index contributed by atoms with van der Waals surface area (Å²) in [5.74, 6) is 0.186. The number of fused-ring (bicyclic) bond motifs is 1. The predicted octanol–water partition coefficient (Wildman–Crippen LogP) is 2.91. The number of phenols is 1. The van der Waals surface area contributed by atoms with Crippen LogP contribution in [0.15, 0.2) is 41.8 Å². The summed E-state index contributed by atoms with van der Waals surface area (Å²) in [6.45, 7) is 2.43. The molecule has 4 aromatic rings. The van der Waals surface area contributed by atoms with Crippen LogP contribution in [0.5, 0.6) is 11.5 Å². The maximum absolute atomic E-state index is 12.7. The largest absolute Gasteiger partial charge is 0.503 e. The van der Waals surface area contributed by atoms with E-state index in [-0.39, 0.29) is 16.3 Å². The Labute approximate surface area is 168 Å². The van der Waals surface area contributed by atoms with Gasteiger partial charge in [-0.15, -0.1) is 0 Å². The molecule has 0 aliphatic rings. The Kier molecular flexibility index (Phi) is 4.97. The summed E-state index contributed by atoms with van der Waals surface area (Å²) in [6, 6.07) is 3.25. The normalized spacial score (nSPS) is 12.0. The number of aromatic hydroxyl groups is 1. The highest BCUT2D eigenvalue weighted by atomic mass is 35.5. The van der Waals surface area contributed by atoms with Crippen LogP contribution in [0.4, 0.5) is 0 Å². The third-order valence-corrected chi connectivity index (χ3v) is 5.24.